The van der Waals surface area contributed by atoms with Gasteiger partial charge in [-0.2, -0.15) is 0 Å². The van der Waals surface area contributed by atoms with Crippen molar-refractivity contribution < 1.29 is 24.2 Å². The van der Waals surface area contributed by atoms with Crippen molar-refractivity contribution in [1.29, 1.82) is 0 Å². The zero-order valence-electron chi connectivity index (χ0n) is 21.6. The summed E-state index contributed by atoms with van der Waals surface area (Å²) in [6.07, 6.45) is -1.28. The van der Waals surface area contributed by atoms with Crippen molar-refractivity contribution in [2.75, 3.05) is 32.8 Å². The monoisotopic (exact) mass is 525 g/mol. The zero-order chi connectivity index (χ0) is 27.0. The van der Waals surface area contributed by atoms with Crippen LogP contribution in [0.15, 0.2) is 78.9 Å². The van der Waals surface area contributed by atoms with Crippen LogP contribution in [0.2, 0.25) is 0 Å². The van der Waals surface area contributed by atoms with Gasteiger partial charge in [0.05, 0.1) is 6.42 Å². The molecule has 8 heteroatoms. The van der Waals surface area contributed by atoms with E-state index in [0.717, 1.165) is 41.9 Å². The summed E-state index contributed by atoms with van der Waals surface area (Å²) in [4.78, 5) is 41.4. The fourth-order valence-electron chi connectivity index (χ4n) is 6.35. The molecule has 2 fully saturated rings. The van der Waals surface area contributed by atoms with Crippen LogP contribution >= 0.6 is 0 Å². The van der Waals surface area contributed by atoms with Gasteiger partial charge in [-0.1, -0.05) is 78.9 Å². The van der Waals surface area contributed by atoms with Gasteiger partial charge < -0.3 is 20.1 Å². The van der Waals surface area contributed by atoms with Crippen LogP contribution in [0.25, 0.3) is 11.1 Å². The van der Waals surface area contributed by atoms with Gasteiger partial charge in [-0.15, -0.1) is 0 Å². The van der Waals surface area contributed by atoms with Crippen molar-refractivity contribution in [3.8, 4) is 11.1 Å². The Kier molecular flexibility index (Phi) is 6.56. The van der Waals surface area contributed by atoms with Crippen LogP contribution in [0, 0.1) is 5.41 Å². The summed E-state index contributed by atoms with van der Waals surface area (Å²) in [5, 5.41) is 11.9. The quantitative estimate of drug-likeness (QED) is 0.465. The normalized spacial score (nSPS) is 17.9. The molecule has 2 aliphatic heterocycles. The predicted molar refractivity (Wildman–Crippen MR) is 145 cm³/mol. The van der Waals surface area contributed by atoms with E-state index in [4.69, 9.17) is 4.74 Å². The van der Waals surface area contributed by atoms with E-state index in [-0.39, 0.29) is 23.8 Å². The summed E-state index contributed by atoms with van der Waals surface area (Å²) in [6, 6.07) is 25.1. The van der Waals surface area contributed by atoms with Crippen LogP contribution in [-0.4, -0.2) is 71.7 Å². The van der Waals surface area contributed by atoms with Crippen molar-refractivity contribution in [3.05, 3.63) is 95.6 Å². The molecule has 1 atom stereocenters. The number of likely N-dealkylation sites (tertiary alicyclic amines) is 2. The summed E-state index contributed by atoms with van der Waals surface area (Å²) in [5.41, 5.74) is 5.71. The number of fused-ring (bicyclic) bond motifs is 3. The molecule has 0 aromatic heterocycles. The van der Waals surface area contributed by atoms with Gasteiger partial charge in [-0.25, -0.2) is 4.79 Å². The number of ether oxygens (including phenoxy) is 1. The second-order valence-corrected chi connectivity index (χ2v) is 10.9. The minimum absolute atomic E-state index is 0.0575. The number of carbonyl (C=O) groups excluding carboxylic acids is 2. The number of alkyl carbamates (subject to hydrolysis) is 1. The Morgan fingerprint density at radius 2 is 1.46 bits per heavy atom. The van der Waals surface area contributed by atoms with Crippen LogP contribution in [0.5, 0.6) is 0 Å². The minimum atomic E-state index is -1.17. The molecule has 2 amide bonds. The first-order valence-electron chi connectivity index (χ1n) is 13.3. The van der Waals surface area contributed by atoms with E-state index in [2.05, 4.69) is 34.5 Å². The maximum absolute atomic E-state index is 13.2. The molecule has 3 aliphatic rings. The number of nitrogens with one attached hydrogen (secondary N) is 1. The van der Waals surface area contributed by atoms with E-state index in [0.29, 0.717) is 13.1 Å². The Morgan fingerprint density at radius 3 is 2.08 bits per heavy atom. The fraction of sp³-hybridized carbons (Fsp3) is 0.323. The second kappa shape index (κ2) is 10.2. The Bertz CT molecular complexity index is 1350. The lowest BCUT2D eigenvalue weighted by molar-refractivity contribution is -0.163. The number of hydrogen-bond acceptors (Lipinski definition) is 5. The van der Waals surface area contributed by atoms with E-state index in [1.807, 2.05) is 54.6 Å². The third-order valence-electron chi connectivity index (χ3n) is 8.04. The van der Waals surface area contributed by atoms with E-state index < -0.39 is 24.5 Å². The SMILES string of the molecule is O=C(O)CC(NC(=O)OCC1c2ccccc2-c2ccccc21)C(=O)N1CC2(CN(Cc3ccccc3)C2)C1. The number of rotatable bonds is 8. The highest BCUT2D eigenvalue weighted by atomic mass is 16.5. The third-order valence-corrected chi connectivity index (χ3v) is 8.04. The maximum atomic E-state index is 13.2. The Morgan fingerprint density at radius 1 is 0.872 bits per heavy atom. The van der Waals surface area contributed by atoms with Crippen molar-refractivity contribution in [3.63, 3.8) is 0 Å². The van der Waals surface area contributed by atoms with Gasteiger partial charge in [0, 0.05) is 44.1 Å². The first kappa shape index (κ1) is 25.1. The maximum Gasteiger partial charge on any atom is 0.407 e. The summed E-state index contributed by atoms with van der Waals surface area (Å²) >= 11 is 0. The number of carbonyl (C=O) groups is 3. The topological polar surface area (TPSA) is 99.2 Å². The molecule has 2 N–H and O–H groups in total. The molecule has 3 aromatic carbocycles. The van der Waals surface area contributed by atoms with Gasteiger partial charge in [-0.3, -0.25) is 14.5 Å². The van der Waals surface area contributed by atoms with Gasteiger partial charge in [0.15, 0.2) is 0 Å². The molecule has 200 valence electrons. The molecule has 0 radical (unpaired) electrons. The largest absolute Gasteiger partial charge is 0.481 e. The summed E-state index contributed by atoms with van der Waals surface area (Å²) in [5.74, 6) is -1.65. The van der Waals surface area contributed by atoms with E-state index in [1.165, 1.54) is 5.56 Å². The average molecular weight is 526 g/mol. The van der Waals surface area contributed by atoms with Gasteiger partial charge in [0.2, 0.25) is 5.91 Å². The second-order valence-electron chi connectivity index (χ2n) is 10.9. The Hall–Kier alpha value is -4.17. The van der Waals surface area contributed by atoms with Crippen LogP contribution in [0.4, 0.5) is 4.79 Å². The van der Waals surface area contributed by atoms with Crippen LogP contribution in [-0.2, 0) is 20.9 Å². The molecule has 0 saturated carbocycles. The molecule has 2 heterocycles. The van der Waals surface area contributed by atoms with E-state index in [9.17, 15) is 19.5 Å². The molecular formula is C31H31N3O5. The first-order valence-corrected chi connectivity index (χ1v) is 13.3. The smallest absolute Gasteiger partial charge is 0.407 e. The zero-order valence-corrected chi connectivity index (χ0v) is 21.6. The van der Waals surface area contributed by atoms with Crippen molar-refractivity contribution in [2.24, 2.45) is 5.41 Å². The number of carboxylic acid groups (broad SMARTS) is 1. The molecule has 0 bridgehead atoms. The standard InChI is InChI=1S/C31H31N3O5/c35-28(36)14-27(29(37)34-19-31(20-34)17-33(18-31)15-21-8-2-1-3-9-21)32-30(38)39-16-26-24-12-6-4-10-22(24)23-11-5-7-13-25(23)26/h1-13,26-27H,14-20H2,(H,32,38)(H,35,36). The lowest BCUT2D eigenvalue weighted by atomic mass is 9.72. The number of carboxylic acids is 1. The predicted octanol–water partition coefficient (Wildman–Crippen LogP) is 3.71. The summed E-state index contributed by atoms with van der Waals surface area (Å²) in [7, 11) is 0. The van der Waals surface area contributed by atoms with Crippen molar-refractivity contribution in [2.45, 2.75) is 24.9 Å². The van der Waals surface area contributed by atoms with Crippen LogP contribution in [0.1, 0.15) is 29.0 Å². The Labute approximate surface area is 227 Å². The van der Waals surface area contributed by atoms with E-state index in [1.54, 1.807) is 4.90 Å². The lowest BCUT2D eigenvalue weighted by Crippen LogP contribution is -2.73. The molecule has 1 aliphatic carbocycles. The van der Waals surface area contributed by atoms with E-state index >= 15 is 0 Å². The highest BCUT2D eigenvalue weighted by Crippen LogP contribution is 2.44. The fourth-order valence-corrected chi connectivity index (χ4v) is 6.35. The highest BCUT2D eigenvalue weighted by Gasteiger charge is 2.53. The minimum Gasteiger partial charge on any atom is -0.481 e. The summed E-state index contributed by atoms with van der Waals surface area (Å²) in [6.45, 7) is 3.91. The van der Waals surface area contributed by atoms with Crippen molar-refractivity contribution >= 4 is 18.0 Å². The molecule has 1 unspecified atom stereocenters. The Balaban J connectivity index is 1.03. The molecule has 8 nitrogen and oxygen atoms in total. The molecular weight excluding hydrogens is 494 g/mol. The molecule has 1 spiro atoms. The lowest BCUT2D eigenvalue weighted by Gasteiger charge is -2.60. The average Bonchev–Trinajstić information content (AvgIpc) is 3.21. The molecule has 6 rings (SSSR count). The van der Waals surface area contributed by atoms with Crippen LogP contribution in [0.3, 0.4) is 0 Å². The number of aliphatic carboxylic acids is 1. The highest BCUT2D eigenvalue weighted by molar-refractivity contribution is 5.90. The van der Waals surface area contributed by atoms with Gasteiger partial charge in [0.1, 0.15) is 12.6 Å². The number of amides is 2. The van der Waals surface area contributed by atoms with Gasteiger partial charge in [0.25, 0.3) is 0 Å². The third kappa shape index (κ3) is 5.00. The molecule has 3 aromatic rings. The number of benzene rings is 3. The van der Waals surface area contributed by atoms with Gasteiger partial charge in [-0.05, 0) is 27.8 Å². The molecule has 39 heavy (non-hydrogen) atoms. The number of hydrogen-bond donors (Lipinski definition) is 2. The first-order chi connectivity index (χ1) is 18.9. The molecule has 2 saturated heterocycles. The summed E-state index contributed by atoms with van der Waals surface area (Å²) < 4.78 is 5.56. The number of nitrogens with zero attached hydrogens (tertiary/aromatic N) is 2. The van der Waals surface area contributed by atoms with Crippen molar-refractivity contribution in [1.82, 2.24) is 15.1 Å². The van der Waals surface area contributed by atoms with Gasteiger partial charge >= 0.3 is 12.1 Å². The van der Waals surface area contributed by atoms with Crippen LogP contribution < -0.4 is 5.32 Å².